The predicted octanol–water partition coefficient (Wildman–Crippen LogP) is 4.51. The number of carbonyl (C=O) groups is 1. The summed E-state index contributed by atoms with van der Waals surface area (Å²) >= 11 is 0. The molecular weight excluding hydrogens is 307 g/mol. The van der Waals surface area contributed by atoms with Crippen LogP contribution in [0.1, 0.15) is 30.0 Å². The molecule has 3 rings (SSSR count). The van der Waals surface area contributed by atoms with Crippen molar-refractivity contribution >= 4 is 11.7 Å². The quantitative estimate of drug-likeness (QED) is 0.900. The molecule has 4 nitrogen and oxygen atoms in total. The molecule has 2 amide bonds. The summed E-state index contributed by atoms with van der Waals surface area (Å²) in [5, 5.41) is 2.93. The number of ether oxygens (including phenoxy) is 1. The molecule has 126 valence electrons. The zero-order valence-corrected chi connectivity index (χ0v) is 13.9. The Labute approximate surface area is 141 Å². The van der Waals surface area contributed by atoms with Crippen molar-refractivity contribution in [3.05, 3.63) is 59.4 Å². The molecule has 1 aliphatic heterocycles. The van der Waals surface area contributed by atoms with Crippen molar-refractivity contribution in [3.8, 4) is 5.75 Å². The summed E-state index contributed by atoms with van der Waals surface area (Å²) in [6, 6.07) is 11.8. The van der Waals surface area contributed by atoms with Crippen LogP contribution in [0.4, 0.5) is 14.9 Å². The Morgan fingerprint density at radius 2 is 2.12 bits per heavy atom. The van der Waals surface area contributed by atoms with E-state index in [-0.39, 0.29) is 17.9 Å². The normalized spacial score (nSPS) is 17.0. The van der Waals surface area contributed by atoms with Crippen LogP contribution in [0.25, 0.3) is 0 Å². The number of anilines is 1. The van der Waals surface area contributed by atoms with Gasteiger partial charge in [-0.15, -0.1) is 0 Å². The van der Waals surface area contributed by atoms with Crippen LogP contribution in [-0.2, 0) is 0 Å². The number of benzene rings is 2. The second-order valence-corrected chi connectivity index (χ2v) is 6.04. The van der Waals surface area contributed by atoms with Crippen molar-refractivity contribution in [2.24, 2.45) is 0 Å². The first-order chi connectivity index (χ1) is 11.6. The Hall–Kier alpha value is -2.56. The lowest BCUT2D eigenvalue weighted by atomic mass is 10.0. The van der Waals surface area contributed by atoms with E-state index in [1.54, 1.807) is 18.1 Å². The molecule has 1 heterocycles. The monoisotopic (exact) mass is 328 g/mol. The number of methoxy groups -OCH3 is 1. The van der Waals surface area contributed by atoms with Crippen LogP contribution in [0.2, 0.25) is 0 Å². The summed E-state index contributed by atoms with van der Waals surface area (Å²) in [5.41, 5.74) is 2.51. The van der Waals surface area contributed by atoms with E-state index in [9.17, 15) is 9.18 Å². The molecule has 1 fully saturated rings. The van der Waals surface area contributed by atoms with E-state index in [4.69, 9.17) is 4.74 Å². The molecule has 0 aliphatic carbocycles. The molecule has 1 N–H and O–H groups in total. The molecule has 0 aromatic heterocycles. The van der Waals surface area contributed by atoms with E-state index >= 15 is 0 Å². The number of nitrogens with one attached hydrogen (secondary N) is 1. The van der Waals surface area contributed by atoms with Gasteiger partial charge in [-0.2, -0.15) is 0 Å². The second-order valence-electron chi connectivity index (χ2n) is 6.04. The third-order valence-corrected chi connectivity index (χ3v) is 4.34. The average Bonchev–Trinajstić information content (AvgIpc) is 3.05. The maximum Gasteiger partial charge on any atom is 0.322 e. The molecule has 0 spiro atoms. The van der Waals surface area contributed by atoms with Crippen LogP contribution in [0.3, 0.4) is 0 Å². The van der Waals surface area contributed by atoms with Gasteiger partial charge in [0.1, 0.15) is 11.6 Å². The van der Waals surface area contributed by atoms with Crippen molar-refractivity contribution in [1.29, 1.82) is 0 Å². The summed E-state index contributed by atoms with van der Waals surface area (Å²) < 4.78 is 18.8. The van der Waals surface area contributed by atoms with Crippen LogP contribution in [0, 0.1) is 12.7 Å². The number of halogens is 1. The minimum atomic E-state index is -0.278. The third kappa shape index (κ3) is 3.35. The minimum absolute atomic E-state index is 0.100. The Balaban J connectivity index is 1.80. The number of aryl methyl sites for hydroxylation is 1. The van der Waals surface area contributed by atoms with Crippen LogP contribution in [0.5, 0.6) is 5.75 Å². The lowest BCUT2D eigenvalue weighted by Crippen LogP contribution is -2.34. The number of nitrogens with zero attached hydrogens (tertiary/aromatic N) is 1. The van der Waals surface area contributed by atoms with Gasteiger partial charge < -0.3 is 15.0 Å². The smallest absolute Gasteiger partial charge is 0.322 e. The fourth-order valence-corrected chi connectivity index (χ4v) is 3.18. The topological polar surface area (TPSA) is 41.6 Å². The highest BCUT2D eigenvalue weighted by molar-refractivity contribution is 5.91. The minimum Gasteiger partial charge on any atom is -0.495 e. The first-order valence-corrected chi connectivity index (χ1v) is 8.06. The van der Waals surface area contributed by atoms with E-state index in [0.29, 0.717) is 18.0 Å². The highest BCUT2D eigenvalue weighted by Crippen LogP contribution is 2.33. The number of rotatable bonds is 3. The van der Waals surface area contributed by atoms with Crippen LogP contribution < -0.4 is 10.1 Å². The number of amides is 2. The summed E-state index contributed by atoms with van der Waals surface area (Å²) in [6.07, 6.45) is 1.74. The summed E-state index contributed by atoms with van der Waals surface area (Å²) in [4.78, 5) is 14.5. The largest absolute Gasteiger partial charge is 0.495 e. The van der Waals surface area contributed by atoms with E-state index < -0.39 is 0 Å². The number of likely N-dealkylation sites (tertiary alicyclic amines) is 1. The van der Waals surface area contributed by atoms with Gasteiger partial charge >= 0.3 is 6.03 Å². The molecule has 0 saturated carbocycles. The number of carbonyl (C=O) groups excluding carboxylic acids is 1. The molecule has 0 bridgehead atoms. The molecular formula is C19H21FN2O2. The molecule has 2 aromatic rings. The van der Waals surface area contributed by atoms with Crippen molar-refractivity contribution in [3.63, 3.8) is 0 Å². The third-order valence-electron chi connectivity index (χ3n) is 4.34. The zero-order valence-electron chi connectivity index (χ0n) is 13.9. The maximum atomic E-state index is 13.5. The van der Waals surface area contributed by atoms with E-state index in [1.807, 2.05) is 31.2 Å². The molecule has 1 atom stereocenters. The van der Waals surface area contributed by atoms with Crippen molar-refractivity contribution in [2.45, 2.75) is 25.8 Å². The molecule has 24 heavy (non-hydrogen) atoms. The molecule has 0 radical (unpaired) electrons. The Morgan fingerprint density at radius 3 is 2.88 bits per heavy atom. The standard InChI is InChI=1S/C19H21FN2O2/c1-13-8-9-18(24-2)16(11-13)21-19(23)22-10-4-7-17(22)14-5-3-6-15(20)12-14/h3,5-6,8-9,11-12,17H,4,7,10H2,1-2H3,(H,21,23)/t17-/m0/s1. The summed E-state index contributed by atoms with van der Waals surface area (Å²) in [6.45, 7) is 2.61. The van der Waals surface area contributed by atoms with Crippen molar-refractivity contribution in [2.75, 3.05) is 19.0 Å². The van der Waals surface area contributed by atoms with Crippen molar-refractivity contribution in [1.82, 2.24) is 4.90 Å². The fourth-order valence-electron chi connectivity index (χ4n) is 3.18. The molecule has 5 heteroatoms. The van der Waals surface area contributed by atoms with Crippen LogP contribution in [-0.4, -0.2) is 24.6 Å². The van der Waals surface area contributed by atoms with Crippen LogP contribution >= 0.6 is 0 Å². The Morgan fingerprint density at radius 1 is 1.29 bits per heavy atom. The molecule has 2 aromatic carbocycles. The number of hydrogen-bond acceptors (Lipinski definition) is 2. The van der Waals surface area contributed by atoms with Gasteiger partial charge in [-0.3, -0.25) is 0 Å². The zero-order chi connectivity index (χ0) is 17.1. The van der Waals surface area contributed by atoms with E-state index in [1.165, 1.54) is 12.1 Å². The van der Waals surface area contributed by atoms with Gasteiger partial charge in [0.05, 0.1) is 18.8 Å². The van der Waals surface area contributed by atoms with Gasteiger partial charge in [0.2, 0.25) is 0 Å². The lowest BCUT2D eigenvalue weighted by Gasteiger charge is -2.26. The van der Waals surface area contributed by atoms with Gasteiger partial charge in [0.15, 0.2) is 0 Å². The summed E-state index contributed by atoms with van der Waals surface area (Å²) in [5.74, 6) is 0.343. The molecule has 1 saturated heterocycles. The SMILES string of the molecule is COc1ccc(C)cc1NC(=O)N1CCC[C@H]1c1cccc(F)c1. The van der Waals surface area contributed by atoms with E-state index in [0.717, 1.165) is 24.0 Å². The van der Waals surface area contributed by atoms with Gasteiger partial charge in [-0.1, -0.05) is 18.2 Å². The second kappa shape index (κ2) is 6.91. The van der Waals surface area contributed by atoms with Crippen molar-refractivity contribution < 1.29 is 13.9 Å². The molecule has 0 unspecified atom stereocenters. The summed E-state index contributed by atoms with van der Waals surface area (Å²) in [7, 11) is 1.58. The van der Waals surface area contributed by atoms with E-state index in [2.05, 4.69) is 5.32 Å². The first kappa shape index (κ1) is 16.3. The number of hydrogen-bond donors (Lipinski definition) is 1. The Kier molecular flexibility index (Phi) is 4.69. The maximum absolute atomic E-state index is 13.5. The fraction of sp³-hybridized carbons (Fsp3) is 0.316. The first-order valence-electron chi connectivity index (χ1n) is 8.06. The van der Waals surface area contributed by atoms with Gasteiger partial charge in [-0.25, -0.2) is 9.18 Å². The number of urea groups is 1. The predicted molar refractivity (Wildman–Crippen MR) is 91.8 cm³/mol. The van der Waals surface area contributed by atoms with Gasteiger partial charge in [-0.05, 0) is 55.2 Å². The van der Waals surface area contributed by atoms with Gasteiger partial charge in [0, 0.05) is 6.54 Å². The average molecular weight is 328 g/mol. The molecule has 1 aliphatic rings. The highest BCUT2D eigenvalue weighted by Gasteiger charge is 2.30. The lowest BCUT2D eigenvalue weighted by molar-refractivity contribution is 0.207. The van der Waals surface area contributed by atoms with Gasteiger partial charge in [0.25, 0.3) is 0 Å². The highest BCUT2D eigenvalue weighted by atomic mass is 19.1. The van der Waals surface area contributed by atoms with Crippen LogP contribution in [0.15, 0.2) is 42.5 Å². The Bertz CT molecular complexity index is 748.